The lowest BCUT2D eigenvalue weighted by molar-refractivity contribution is -0.107. The van der Waals surface area contributed by atoms with Crippen molar-refractivity contribution in [3.8, 4) is 11.1 Å². The fraction of sp³-hybridized carbons (Fsp3) is 0.333. The van der Waals surface area contributed by atoms with E-state index in [0.717, 1.165) is 37.5 Å². The van der Waals surface area contributed by atoms with Crippen LogP contribution < -0.4 is 10.2 Å². The van der Waals surface area contributed by atoms with Crippen molar-refractivity contribution in [2.45, 2.75) is 26.2 Å². The predicted octanol–water partition coefficient (Wildman–Crippen LogP) is 2.82. The van der Waals surface area contributed by atoms with Gasteiger partial charge in [-0.15, -0.1) is 11.3 Å². The summed E-state index contributed by atoms with van der Waals surface area (Å²) in [6.45, 7) is 5.23. The van der Waals surface area contributed by atoms with Crippen molar-refractivity contribution in [3.63, 3.8) is 0 Å². The zero-order valence-corrected chi connectivity index (χ0v) is 23.7. The van der Waals surface area contributed by atoms with E-state index in [2.05, 4.69) is 24.1 Å². The molecular formula is C24H26N4O8S3. The second kappa shape index (κ2) is 10.4. The van der Waals surface area contributed by atoms with Crippen LogP contribution in [0.4, 0.5) is 11.5 Å². The Hall–Kier alpha value is -3.24. The SMILES string of the molecule is CC1=Nc2c(cc(-c3cc(C(=O)NCCS(=O)(=O)O)nc(N(C=O)CCS(=O)(=O)O)c3)c3sccc23)C1(C)C. The number of carbonyl (C=O) groups excluding carboxylic acids is 2. The maximum absolute atomic E-state index is 12.9. The summed E-state index contributed by atoms with van der Waals surface area (Å²) in [5, 5.41) is 5.20. The quantitative estimate of drug-likeness (QED) is 0.235. The van der Waals surface area contributed by atoms with Gasteiger partial charge < -0.3 is 5.32 Å². The molecule has 1 aromatic carbocycles. The highest BCUT2D eigenvalue weighted by atomic mass is 32.2. The zero-order valence-electron chi connectivity index (χ0n) is 21.2. The standard InChI is InChI=1S/C24H26N4O8S3/c1-14-24(2,3)18-12-17(22-16(4-7-37-22)21(18)26-14)15-10-19(23(30)25-5-8-38(31,32)33)27-20(11-15)28(13-29)6-9-39(34,35)36/h4,7,10-13H,5-6,8-9H2,1-3H3,(H,25,30)(H,31,32,33)(H,34,35,36). The van der Waals surface area contributed by atoms with Gasteiger partial charge in [0.15, 0.2) is 0 Å². The van der Waals surface area contributed by atoms with Gasteiger partial charge in [-0.3, -0.25) is 28.6 Å². The van der Waals surface area contributed by atoms with Gasteiger partial charge in [0.1, 0.15) is 11.5 Å². The van der Waals surface area contributed by atoms with Crippen molar-refractivity contribution >= 4 is 71.2 Å². The molecule has 15 heteroatoms. The van der Waals surface area contributed by atoms with Crippen molar-refractivity contribution < 1.29 is 35.5 Å². The summed E-state index contributed by atoms with van der Waals surface area (Å²) in [5.74, 6) is -2.30. The summed E-state index contributed by atoms with van der Waals surface area (Å²) in [5.41, 5.74) is 3.45. The highest BCUT2D eigenvalue weighted by Crippen LogP contribution is 2.49. The van der Waals surface area contributed by atoms with Crippen molar-refractivity contribution in [2.75, 3.05) is 29.5 Å². The predicted molar refractivity (Wildman–Crippen MR) is 149 cm³/mol. The molecule has 208 valence electrons. The number of nitrogens with zero attached hydrogens (tertiary/aromatic N) is 3. The molecule has 0 unspecified atom stereocenters. The number of nitrogens with one attached hydrogen (secondary N) is 1. The molecule has 3 heterocycles. The van der Waals surface area contributed by atoms with E-state index >= 15 is 0 Å². The molecular weight excluding hydrogens is 568 g/mol. The van der Waals surface area contributed by atoms with Gasteiger partial charge in [-0.05, 0) is 47.7 Å². The number of thiophene rings is 1. The summed E-state index contributed by atoms with van der Waals surface area (Å²) in [7, 11) is -8.72. The fourth-order valence-electron chi connectivity index (χ4n) is 4.20. The minimum absolute atomic E-state index is 0.0528. The van der Waals surface area contributed by atoms with Crippen molar-refractivity contribution in [3.05, 3.63) is 40.9 Å². The van der Waals surface area contributed by atoms with E-state index in [0.29, 0.717) is 12.0 Å². The van der Waals surface area contributed by atoms with Gasteiger partial charge in [-0.2, -0.15) is 16.8 Å². The Morgan fingerprint density at radius 2 is 1.82 bits per heavy atom. The fourth-order valence-corrected chi connectivity index (χ4v) is 5.92. The Morgan fingerprint density at radius 3 is 2.46 bits per heavy atom. The van der Waals surface area contributed by atoms with Gasteiger partial charge in [0, 0.05) is 39.9 Å². The second-order valence-corrected chi connectivity index (χ2v) is 13.6. The molecule has 1 aliphatic heterocycles. The maximum Gasteiger partial charge on any atom is 0.270 e. The molecule has 1 aliphatic rings. The number of aliphatic imine (C=N–C) groups is 1. The van der Waals surface area contributed by atoms with Gasteiger partial charge in [0.05, 0.1) is 17.2 Å². The van der Waals surface area contributed by atoms with Gasteiger partial charge in [0.2, 0.25) is 6.41 Å². The minimum atomic E-state index is -4.40. The van der Waals surface area contributed by atoms with E-state index < -0.39 is 50.7 Å². The second-order valence-electron chi connectivity index (χ2n) is 9.53. The highest BCUT2D eigenvalue weighted by Gasteiger charge is 2.34. The van der Waals surface area contributed by atoms with Crippen LogP contribution >= 0.6 is 11.3 Å². The molecule has 0 saturated heterocycles. The number of anilines is 1. The van der Waals surface area contributed by atoms with Crippen LogP contribution in [0.1, 0.15) is 36.8 Å². The Morgan fingerprint density at radius 1 is 1.13 bits per heavy atom. The number of hydrogen-bond donors (Lipinski definition) is 3. The summed E-state index contributed by atoms with van der Waals surface area (Å²) in [6.07, 6.45) is 0.334. The lowest BCUT2D eigenvalue weighted by Crippen LogP contribution is -2.31. The Labute approximate surface area is 229 Å². The lowest BCUT2D eigenvalue weighted by atomic mass is 9.80. The summed E-state index contributed by atoms with van der Waals surface area (Å²) >= 11 is 1.46. The average molecular weight is 595 g/mol. The molecule has 12 nitrogen and oxygen atoms in total. The summed E-state index contributed by atoms with van der Waals surface area (Å²) in [4.78, 5) is 34.7. The first-order valence-electron chi connectivity index (χ1n) is 11.6. The normalized spacial score (nSPS) is 14.6. The third kappa shape index (κ3) is 6.17. The highest BCUT2D eigenvalue weighted by molar-refractivity contribution is 7.86. The number of amides is 2. The molecule has 39 heavy (non-hydrogen) atoms. The number of hydrogen-bond acceptors (Lipinski definition) is 9. The molecule has 0 aliphatic carbocycles. The van der Waals surface area contributed by atoms with Crippen LogP contribution in [0.2, 0.25) is 0 Å². The Kier molecular flexibility index (Phi) is 7.66. The summed E-state index contributed by atoms with van der Waals surface area (Å²) < 4.78 is 63.7. The molecule has 2 amide bonds. The lowest BCUT2D eigenvalue weighted by Gasteiger charge is -2.22. The van der Waals surface area contributed by atoms with E-state index in [4.69, 9.17) is 14.1 Å². The van der Waals surface area contributed by atoms with Gasteiger partial charge in [0.25, 0.3) is 26.1 Å². The first kappa shape index (κ1) is 28.8. The van der Waals surface area contributed by atoms with Crippen molar-refractivity contribution in [1.82, 2.24) is 10.3 Å². The molecule has 3 N–H and O–H groups in total. The molecule has 0 radical (unpaired) electrons. The third-order valence-electron chi connectivity index (χ3n) is 6.58. The average Bonchev–Trinajstić information content (AvgIpc) is 3.40. The molecule has 3 aromatic rings. The van der Waals surface area contributed by atoms with E-state index in [1.165, 1.54) is 23.5 Å². The van der Waals surface area contributed by atoms with Gasteiger partial charge in [-0.1, -0.05) is 13.8 Å². The van der Waals surface area contributed by atoms with Gasteiger partial charge >= 0.3 is 0 Å². The zero-order chi connectivity index (χ0) is 28.8. The number of carbonyl (C=O) groups is 2. The Balaban J connectivity index is 1.86. The van der Waals surface area contributed by atoms with E-state index in [1.807, 2.05) is 24.4 Å². The van der Waals surface area contributed by atoms with Crippen LogP contribution in [0.15, 0.2) is 34.6 Å². The number of pyridine rings is 1. The van der Waals surface area contributed by atoms with Crippen molar-refractivity contribution in [2.24, 2.45) is 4.99 Å². The smallest absolute Gasteiger partial charge is 0.270 e. The number of benzene rings is 1. The van der Waals surface area contributed by atoms with Crippen LogP contribution in [-0.4, -0.2) is 73.5 Å². The summed E-state index contributed by atoms with van der Waals surface area (Å²) in [6, 6.07) is 6.94. The molecule has 0 fully saturated rings. The van der Waals surface area contributed by atoms with Gasteiger partial charge in [-0.25, -0.2) is 4.98 Å². The molecule has 0 spiro atoms. The molecule has 0 bridgehead atoms. The number of fused-ring (bicyclic) bond motifs is 3. The van der Waals surface area contributed by atoms with Crippen LogP contribution in [0, 0.1) is 0 Å². The van der Waals surface area contributed by atoms with E-state index in [-0.39, 0.29) is 16.9 Å². The minimum Gasteiger partial charge on any atom is -0.350 e. The third-order valence-corrected chi connectivity index (χ3v) is 8.95. The Bertz CT molecular complexity index is 1730. The maximum atomic E-state index is 12.9. The monoisotopic (exact) mass is 594 g/mol. The molecule has 2 aromatic heterocycles. The largest absolute Gasteiger partial charge is 0.350 e. The van der Waals surface area contributed by atoms with Crippen molar-refractivity contribution in [1.29, 1.82) is 0 Å². The van der Waals surface area contributed by atoms with Crippen LogP contribution in [0.25, 0.3) is 21.2 Å². The molecule has 0 atom stereocenters. The van der Waals surface area contributed by atoms with Crippen LogP contribution in [0.5, 0.6) is 0 Å². The number of aromatic nitrogens is 1. The van der Waals surface area contributed by atoms with Crippen LogP contribution in [0.3, 0.4) is 0 Å². The van der Waals surface area contributed by atoms with E-state index in [1.54, 1.807) is 0 Å². The van der Waals surface area contributed by atoms with Crippen LogP contribution in [-0.2, 0) is 30.4 Å². The first-order chi connectivity index (χ1) is 18.1. The molecule has 4 rings (SSSR count). The van der Waals surface area contributed by atoms with E-state index in [9.17, 15) is 26.4 Å². The molecule has 0 saturated carbocycles. The topological polar surface area (TPSA) is 183 Å². The number of rotatable bonds is 10. The first-order valence-corrected chi connectivity index (χ1v) is 15.7.